The van der Waals surface area contributed by atoms with Crippen LogP contribution in [0.3, 0.4) is 0 Å². The van der Waals surface area contributed by atoms with Crippen molar-refractivity contribution in [1.29, 1.82) is 0 Å². The van der Waals surface area contributed by atoms with Crippen LogP contribution in [0.1, 0.15) is 27.8 Å². The van der Waals surface area contributed by atoms with Gasteiger partial charge in [0, 0.05) is 13.1 Å². The summed E-state index contributed by atoms with van der Waals surface area (Å²) in [6.07, 6.45) is 7.21. The summed E-state index contributed by atoms with van der Waals surface area (Å²) in [6, 6.07) is 17.1. The predicted octanol–water partition coefficient (Wildman–Crippen LogP) is 4.04. The van der Waals surface area contributed by atoms with Crippen LogP contribution in [-0.4, -0.2) is 76.0 Å². The standard InChI is InChI=1S/C14H18N2.C12H19N2.HI.Pd.Pt/c1-6-12-7-13(10-15(2)3)9-14(8-12)11-16(4)5;1-13(2)9-11-6-5-7-12(8-11)10-14(3)4;;;/h7-8H,10-11H2,2-5H3;5-7H,9-10H2,1-4H3;1H;;/q-2;-1;;2*+2/p-1. The molecule has 4 nitrogen and oxygen atoms in total. The Morgan fingerprint density at radius 3 is 1.30 bits per heavy atom. The van der Waals surface area contributed by atoms with Gasteiger partial charge in [0.2, 0.25) is 0 Å². The summed E-state index contributed by atoms with van der Waals surface area (Å²) in [4.78, 5) is 8.51. The van der Waals surface area contributed by atoms with Crippen molar-refractivity contribution in [3.8, 4) is 5.92 Å². The first kappa shape index (κ1) is 35.1. The van der Waals surface area contributed by atoms with Crippen LogP contribution in [0.5, 0.6) is 0 Å². The third-order valence-corrected chi connectivity index (χ3v) is 3.99. The maximum absolute atomic E-state index is 7.21. The molecule has 0 N–H and O–H groups in total. The number of benzene rings is 2. The van der Waals surface area contributed by atoms with Gasteiger partial charge in [0.05, 0.1) is 0 Å². The summed E-state index contributed by atoms with van der Waals surface area (Å²) in [7, 11) is 16.4. The number of nitrogens with zero attached hydrogens (tertiary/aromatic N) is 4. The van der Waals surface area contributed by atoms with Crippen LogP contribution in [-0.2, 0) is 62.8 Å². The van der Waals surface area contributed by atoms with E-state index in [9.17, 15) is 0 Å². The van der Waals surface area contributed by atoms with Gasteiger partial charge < -0.3 is 31.9 Å². The van der Waals surface area contributed by atoms with Crippen LogP contribution in [0.15, 0.2) is 30.3 Å². The van der Waals surface area contributed by atoms with Crippen LogP contribution >= 0.6 is 19.5 Å². The van der Waals surface area contributed by atoms with Gasteiger partial charge in [0.15, 0.2) is 0 Å². The van der Waals surface area contributed by atoms with Gasteiger partial charge >= 0.3 is 56.2 Å². The van der Waals surface area contributed by atoms with Gasteiger partial charge in [-0.05, 0) is 69.5 Å². The monoisotopic (exact) mass is 833 g/mol. The molecule has 0 amide bonds. The Morgan fingerprint density at radius 2 is 1.00 bits per heavy atom. The summed E-state index contributed by atoms with van der Waals surface area (Å²) in [5, 5.41) is 0. The summed E-state index contributed by atoms with van der Waals surface area (Å²) in [6.45, 7) is 3.61. The molecule has 0 aliphatic heterocycles. The molecule has 0 radical (unpaired) electrons. The van der Waals surface area contributed by atoms with Crippen LogP contribution in [0, 0.1) is 24.5 Å². The maximum atomic E-state index is 7.21. The van der Waals surface area contributed by atoms with E-state index in [0.29, 0.717) is 0 Å². The van der Waals surface area contributed by atoms with Gasteiger partial charge in [-0.3, -0.25) is 0 Å². The van der Waals surface area contributed by atoms with Crippen molar-refractivity contribution in [1.82, 2.24) is 19.6 Å². The molecule has 0 unspecified atom stereocenters. The fraction of sp³-hybridized carbons (Fsp3) is 0.462. The zero-order valence-corrected chi connectivity index (χ0v) is 27.0. The second kappa shape index (κ2) is 20.1. The average molecular weight is 834 g/mol. The minimum Gasteiger partial charge on any atom is 2.00 e. The summed E-state index contributed by atoms with van der Waals surface area (Å²) < 4.78 is 0. The fourth-order valence-electron chi connectivity index (χ4n) is 3.06. The van der Waals surface area contributed by atoms with E-state index in [1.54, 1.807) is 0 Å². The Labute approximate surface area is 239 Å². The number of hydrogen-bond donors (Lipinski definition) is 0. The molecular formula is C26H37IN4PdPt. The molecule has 188 valence electrons. The van der Waals surface area contributed by atoms with Crippen molar-refractivity contribution in [3.05, 3.63) is 76.7 Å². The van der Waals surface area contributed by atoms with Gasteiger partial charge in [0.25, 0.3) is 0 Å². The van der Waals surface area contributed by atoms with Crippen molar-refractivity contribution in [2.75, 3.05) is 56.4 Å². The first-order chi connectivity index (χ1) is 15.1. The van der Waals surface area contributed by atoms with Gasteiger partial charge in [0.1, 0.15) is 0 Å². The van der Waals surface area contributed by atoms with Crippen molar-refractivity contribution < 1.29 is 36.7 Å². The third-order valence-electron chi connectivity index (χ3n) is 3.99. The second-order valence-corrected chi connectivity index (χ2v) is 8.70. The largest absolute Gasteiger partial charge is 2.00 e. The van der Waals surface area contributed by atoms with Crippen LogP contribution in [0.4, 0.5) is 0 Å². The SMILES string of the molecule is CN(C)Cc1[c-]c(CN(C)C)ccc1.[C-]#Cc1cc(CN(C)C)[c-]c(CN(C)C)c1.[Pd+][I].[Pt+2]. The number of halogens is 1. The van der Waals surface area contributed by atoms with E-state index in [1.165, 1.54) is 11.1 Å². The molecule has 0 aromatic heterocycles. The molecule has 2 rings (SSSR count). The summed E-state index contributed by atoms with van der Waals surface area (Å²) >= 11 is 4.72. The Hall–Kier alpha value is -0.0794. The molecule has 0 fully saturated rings. The Morgan fingerprint density at radius 1 is 0.697 bits per heavy atom. The molecule has 7 heteroatoms. The molecule has 0 atom stereocenters. The molecular weight excluding hydrogens is 797 g/mol. The Bertz CT molecular complexity index is 767. The molecule has 33 heavy (non-hydrogen) atoms. The Kier molecular flexibility index (Phi) is 21.4. The Balaban J connectivity index is 0. The van der Waals surface area contributed by atoms with Crippen molar-refractivity contribution >= 4 is 19.5 Å². The van der Waals surface area contributed by atoms with Crippen LogP contribution in [0.25, 0.3) is 0 Å². The van der Waals surface area contributed by atoms with E-state index in [0.717, 1.165) is 42.9 Å². The molecule has 0 aliphatic carbocycles. The topological polar surface area (TPSA) is 13.0 Å². The molecule has 0 bridgehead atoms. The minimum atomic E-state index is 0. The van der Waals surface area contributed by atoms with E-state index in [4.69, 9.17) is 6.42 Å². The molecule has 0 spiro atoms. The van der Waals surface area contributed by atoms with Gasteiger partial charge in [-0.1, -0.05) is 0 Å². The van der Waals surface area contributed by atoms with E-state index in [-0.39, 0.29) is 21.1 Å². The predicted molar refractivity (Wildman–Crippen MR) is 140 cm³/mol. The van der Waals surface area contributed by atoms with E-state index < -0.39 is 0 Å². The van der Waals surface area contributed by atoms with Crippen molar-refractivity contribution in [2.24, 2.45) is 0 Å². The minimum absolute atomic E-state index is 0. The summed E-state index contributed by atoms with van der Waals surface area (Å²) in [5.41, 5.74) is 5.56. The zero-order chi connectivity index (χ0) is 24.7. The first-order valence-electron chi connectivity index (χ1n) is 10.3. The molecule has 2 aromatic rings. The van der Waals surface area contributed by atoms with Crippen molar-refractivity contribution in [3.63, 3.8) is 0 Å². The van der Waals surface area contributed by atoms with Crippen molar-refractivity contribution in [2.45, 2.75) is 26.2 Å². The van der Waals surface area contributed by atoms with E-state index in [1.807, 2.05) is 59.8 Å². The molecule has 0 saturated heterocycles. The molecule has 0 saturated carbocycles. The number of hydrogen-bond acceptors (Lipinski definition) is 4. The fourth-order valence-corrected chi connectivity index (χ4v) is 3.06. The molecule has 0 aliphatic rings. The normalized spacial score (nSPS) is 10.2. The third kappa shape index (κ3) is 17.9. The van der Waals surface area contributed by atoms with Crippen LogP contribution < -0.4 is 0 Å². The number of rotatable bonds is 8. The van der Waals surface area contributed by atoms with E-state index >= 15 is 0 Å². The first-order valence-corrected chi connectivity index (χ1v) is 14.9. The zero-order valence-electron chi connectivity index (χ0n) is 21.0. The van der Waals surface area contributed by atoms with Crippen LogP contribution in [0.2, 0.25) is 0 Å². The van der Waals surface area contributed by atoms with Gasteiger partial charge in [-0.15, -0.1) is 11.1 Å². The quantitative estimate of drug-likeness (QED) is 0.173. The van der Waals surface area contributed by atoms with E-state index in [2.05, 4.69) is 99.6 Å². The van der Waals surface area contributed by atoms with Gasteiger partial charge in [-0.2, -0.15) is 41.5 Å². The van der Waals surface area contributed by atoms with Gasteiger partial charge in [-0.25, -0.2) is 17.7 Å². The summed E-state index contributed by atoms with van der Waals surface area (Å²) in [5.74, 6) is 2.45. The maximum Gasteiger partial charge on any atom is 2.00 e. The average Bonchev–Trinajstić information content (AvgIpc) is 2.68. The molecule has 2 aromatic carbocycles. The smallest absolute Gasteiger partial charge is 2.00 e. The molecule has 0 heterocycles. The second-order valence-electron chi connectivity index (χ2n) is 8.70.